The van der Waals surface area contributed by atoms with Crippen LogP contribution in [0.5, 0.6) is 0 Å². The summed E-state index contributed by atoms with van der Waals surface area (Å²) >= 11 is 5.74. The maximum absolute atomic E-state index is 11.6. The molecule has 0 aliphatic heterocycles. The van der Waals surface area contributed by atoms with Crippen LogP contribution in [0.25, 0.3) is 0 Å². The lowest BCUT2D eigenvalue weighted by molar-refractivity contribution is -0.122. The van der Waals surface area contributed by atoms with Gasteiger partial charge in [-0.15, -0.1) is 0 Å². The Bertz CT molecular complexity index is 409. The maximum Gasteiger partial charge on any atom is 0.256 e. The summed E-state index contributed by atoms with van der Waals surface area (Å²) in [6.07, 6.45) is 0. The summed E-state index contributed by atoms with van der Waals surface area (Å²) in [7, 11) is 0. The lowest BCUT2D eigenvalue weighted by atomic mass is 10.2. The Balaban J connectivity index is 2.69. The molecule has 5 nitrogen and oxygen atoms in total. The molecule has 16 heavy (non-hydrogen) atoms. The van der Waals surface area contributed by atoms with Crippen molar-refractivity contribution >= 4 is 23.4 Å². The summed E-state index contributed by atoms with van der Waals surface area (Å²) in [5.74, 6) is 4.10. The van der Waals surface area contributed by atoms with E-state index in [-0.39, 0.29) is 5.91 Å². The van der Waals surface area contributed by atoms with Gasteiger partial charge in [-0.3, -0.25) is 15.0 Å². The van der Waals surface area contributed by atoms with Crippen molar-refractivity contribution in [2.45, 2.75) is 13.0 Å². The highest BCUT2D eigenvalue weighted by Crippen LogP contribution is 2.10. The van der Waals surface area contributed by atoms with Crippen molar-refractivity contribution in [3.8, 4) is 0 Å². The van der Waals surface area contributed by atoms with Crippen LogP contribution in [-0.4, -0.2) is 17.9 Å². The minimum absolute atomic E-state index is 0.376. The number of benzene rings is 1. The highest BCUT2D eigenvalue weighted by Gasteiger charge is 2.15. The average Bonchev–Trinajstić information content (AvgIpc) is 2.27. The van der Waals surface area contributed by atoms with Crippen LogP contribution < -0.4 is 16.6 Å². The Morgan fingerprint density at radius 3 is 2.69 bits per heavy atom. The van der Waals surface area contributed by atoms with E-state index in [1.54, 1.807) is 18.2 Å². The number of hydrazine groups is 1. The first kappa shape index (κ1) is 12.5. The van der Waals surface area contributed by atoms with Crippen molar-refractivity contribution in [2.75, 3.05) is 0 Å². The fourth-order valence-corrected chi connectivity index (χ4v) is 1.29. The number of nitrogens with two attached hydrogens (primary N) is 1. The van der Waals surface area contributed by atoms with Gasteiger partial charge in [0, 0.05) is 10.6 Å². The standard InChI is InChI=1S/C10H12ClN3O2/c1-6(9(15)14-12)13-10(16)7-3-2-4-8(11)5-7/h2-6H,12H2,1H3,(H,13,16)(H,14,15)/t6-/m0/s1. The third-order valence-electron chi connectivity index (χ3n) is 1.97. The molecule has 0 radical (unpaired) electrons. The highest BCUT2D eigenvalue weighted by molar-refractivity contribution is 6.30. The molecule has 0 spiro atoms. The van der Waals surface area contributed by atoms with Crippen LogP contribution in [0.3, 0.4) is 0 Å². The Morgan fingerprint density at radius 1 is 1.44 bits per heavy atom. The Kier molecular flexibility index (Phi) is 4.28. The molecule has 0 saturated heterocycles. The highest BCUT2D eigenvalue weighted by atomic mass is 35.5. The van der Waals surface area contributed by atoms with Crippen molar-refractivity contribution in [1.82, 2.24) is 10.7 Å². The zero-order valence-corrected chi connectivity index (χ0v) is 9.41. The zero-order valence-electron chi connectivity index (χ0n) is 8.66. The first-order valence-corrected chi connectivity index (χ1v) is 4.99. The molecule has 0 heterocycles. The molecule has 0 aliphatic carbocycles. The predicted octanol–water partition coefficient (Wildman–Crippen LogP) is 0.448. The number of amides is 2. The molecule has 0 bridgehead atoms. The van der Waals surface area contributed by atoms with E-state index in [2.05, 4.69) is 5.32 Å². The first-order valence-electron chi connectivity index (χ1n) is 4.61. The van der Waals surface area contributed by atoms with Crippen LogP contribution in [0, 0.1) is 0 Å². The van der Waals surface area contributed by atoms with Crippen LogP contribution in [0.15, 0.2) is 24.3 Å². The number of nitrogens with one attached hydrogen (secondary N) is 2. The van der Waals surface area contributed by atoms with Gasteiger partial charge in [0.05, 0.1) is 0 Å². The Morgan fingerprint density at radius 2 is 2.12 bits per heavy atom. The molecule has 86 valence electrons. The van der Waals surface area contributed by atoms with Gasteiger partial charge in [0.2, 0.25) is 0 Å². The minimum Gasteiger partial charge on any atom is -0.340 e. The average molecular weight is 242 g/mol. The van der Waals surface area contributed by atoms with Gasteiger partial charge in [0.1, 0.15) is 6.04 Å². The van der Waals surface area contributed by atoms with Crippen LogP contribution in [0.2, 0.25) is 5.02 Å². The second-order valence-electron chi connectivity index (χ2n) is 3.21. The van der Waals surface area contributed by atoms with Gasteiger partial charge in [0.25, 0.3) is 11.8 Å². The second kappa shape index (κ2) is 5.48. The van der Waals surface area contributed by atoms with Gasteiger partial charge in [0.15, 0.2) is 0 Å². The molecule has 1 atom stereocenters. The van der Waals surface area contributed by atoms with E-state index in [9.17, 15) is 9.59 Å². The molecule has 0 aliphatic rings. The molecule has 0 fully saturated rings. The van der Waals surface area contributed by atoms with E-state index in [4.69, 9.17) is 17.4 Å². The zero-order chi connectivity index (χ0) is 12.1. The lowest BCUT2D eigenvalue weighted by Gasteiger charge is -2.11. The maximum atomic E-state index is 11.6. The van der Waals surface area contributed by atoms with Crippen LogP contribution in [0.4, 0.5) is 0 Å². The number of carbonyl (C=O) groups is 2. The van der Waals surface area contributed by atoms with Gasteiger partial charge >= 0.3 is 0 Å². The summed E-state index contributed by atoms with van der Waals surface area (Å²) in [6, 6.07) is 5.74. The molecule has 0 saturated carbocycles. The number of rotatable bonds is 3. The van der Waals surface area contributed by atoms with Crippen molar-refractivity contribution in [2.24, 2.45) is 5.84 Å². The fourth-order valence-electron chi connectivity index (χ4n) is 1.10. The van der Waals surface area contributed by atoms with Crippen molar-refractivity contribution in [3.63, 3.8) is 0 Å². The molecule has 1 aromatic rings. The summed E-state index contributed by atoms with van der Waals surface area (Å²) in [6.45, 7) is 1.53. The van der Waals surface area contributed by atoms with Crippen LogP contribution in [0.1, 0.15) is 17.3 Å². The van der Waals surface area contributed by atoms with Gasteiger partial charge in [-0.1, -0.05) is 17.7 Å². The third kappa shape index (κ3) is 3.22. The summed E-state index contributed by atoms with van der Waals surface area (Å²) in [4.78, 5) is 22.7. The monoisotopic (exact) mass is 241 g/mol. The Hall–Kier alpha value is -1.59. The van der Waals surface area contributed by atoms with E-state index < -0.39 is 11.9 Å². The number of halogens is 1. The van der Waals surface area contributed by atoms with Crippen molar-refractivity contribution in [1.29, 1.82) is 0 Å². The topological polar surface area (TPSA) is 84.2 Å². The third-order valence-corrected chi connectivity index (χ3v) is 2.21. The summed E-state index contributed by atoms with van der Waals surface area (Å²) in [5.41, 5.74) is 2.35. The first-order chi connectivity index (χ1) is 7.54. The van der Waals surface area contributed by atoms with Crippen molar-refractivity contribution in [3.05, 3.63) is 34.9 Å². The van der Waals surface area contributed by atoms with E-state index in [0.717, 1.165) is 0 Å². The summed E-state index contributed by atoms with van der Waals surface area (Å²) in [5, 5.41) is 2.95. The van der Waals surface area contributed by atoms with Crippen molar-refractivity contribution < 1.29 is 9.59 Å². The molecule has 4 N–H and O–H groups in total. The largest absolute Gasteiger partial charge is 0.340 e. The second-order valence-corrected chi connectivity index (χ2v) is 3.65. The smallest absolute Gasteiger partial charge is 0.256 e. The molecule has 1 rings (SSSR count). The van der Waals surface area contributed by atoms with E-state index in [1.165, 1.54) is 13.0 Å². The molecule has 0 aromatic heterocycles. The van der Waals surface area contributed by atoms with Gasteiger partial charge < -0.3 is 5.32 Å². The summed E-state index contributed by atoms with van der Waals surface area (Å²) < 4.78 is 0. The molecule has 1 aromatic carbocycles. The van der Waals surface area contributed by atoms with E-state index in [1.807, 2.05) is 5.43 Å². The number of hydrogen-bond donors (Lipinski definition) is 3. The minimum atomic E-state index is -0.698. The molecule has 2 amide bonds. The molecule has 0 unspecified atom stereocenters. The van der Waals surface area contributed by atoms with Gasteiger partial charge in [-0.05, 0) is 25.1 Å². The predicted molar refractivity (Wildman–Crippen MR) is 60.7 cm³/mol. The molecule has 6 heteroatoms. The lowest BCUT2D eigenvalue weighted by Crippen LogP contribution is -2.47. The fraction of sp³-hybridized carbons (Fsp3) is 0.200. The molecular formula is C10H12ClN3O2. The van der Waals surface area contributed by atoms with Gasteiger partial charge in [-0.25, -0.2) is 5.84 Å². The van der Waals surface area contributed by atoms with Crippen LogP contribution in [-0.2, 0) is 4.79 Å². The number of hydrogen-bond acceptors (Lipinski definition) is 3. The quantitative estimate of drug-likeness (QED) is 0.408. The normalized spacial score (nSPS) is 11.7. The SMILES string of the molecule is C[C@H](NC(=O)c1cccc(Cl)c1)C(=O)NN. The molecular weight excluding hydrogens is 230 g/mol. The van der Waals surface area contributed by atoms with Crippen LogP contribution >= 0.6 is 11.6 Å². The number of carbonyl (C=O) groups excluding carboxylic acids is 2. The van der Waals surface area contributed by atoms with E-state index >= 15 is 0 Å². The Labute approximate surface area is 97.9 Å². The van der Waals surface area contributed by atoms with E-state index in [0.29, 0.717) is 10.6 Å². The van der Waals surface area contributed by atoms with Gasteiger partial charge in [-0.2, -0.15) is 0 Å².